The Balaban J connectivity index is 2.70. The van der Waals surface area contributed by atoms with Gasteiger partial charge in [-0.15, -0.1) is 0 Å². The number of nitrogens with zero attached hydrogens (tertiary/aromatic N) is 1. The van der Waals surface area contributed by atoms with Crippen molar-refractivity contribution in [3.8, 4) is 0 Å². The zero-order valence-electron chi connectivity index (χ0n) is 11.8. The van der Waals surface area contributed by atoms with Gasteiger partial charge in [0.25, 0.3) is 0 Å². The highest BCUT2D eigenvalue weighted by atomic mass is 19.4. The van der Waals surface area contributed by atoms with E-state index >= 15 is 0 Å². The van der Waals surface area contributed by atoms with Gasteiger partial charge < -0.3 is 10.1 Å². The summed E-state index contributed by atoms with van der Waals surface area (Å²) in [6.07, 6.45) is -5.66. The van der Waals surface area contributed by atoms with E-state index in [1.807, 2.05) is 0 Å². The van der Waals surface area contributed by atoms with Crippen LogP contribution in [-0.4, -0.2) is 30.5 Å². The quantitative estimate of drug-likeness (QED) is 0.662. The van der Waals surface area contributed by atoms with Crippen LogP contribution in [0.15, 0.2) is 29.4 Å². The molecular formula is C13H14F3N3O3. The summed E-state index contributed by atoms with van der Waals surface area (Å²) in [4.78, 5) is 21.8. The lowest BCUT2D eigenvalue weighted by Gasteiger charge is -2.08. The fourth-order valence-corrected chi connectivity index (χ4v) is 1.35. The SMILES string of the molecule is CCOC(=O)NN=C(C)c1ccc(NC(=O)C(F)(F)F)cc1. The molecule has 6 nitrogen and oxygen atoms in total. The fourth-order valence-electron chi connectivity index (χ4n) is 1.35. The molecule has 1 rings (SSSR count). The molecule has 0 unspecified atom stereocenters. The van der Waals surface area contributed by atoms with Crippen LogP contribution in [0.2, 0.25) is 0 Å². The lowest BCUT2D eigenvalue weighted by molar-refractivity contribution is -0.167. The summed E-state index contributed by atoms with van der Waals surface area (Å²) in [6, 6.07) is 5.50. The molecule has 2 N–H and O–H groups in total. The first-order valence-electron chi connectivity index (χ1n) is 6.19. The summed E-state index contributed by atoms with van der Waals surface area (Å²) in [5, 5.41) is 5.49. The molecule has 2 amide bonds. The van der Waals surface area contributed by atoms with Crippen molar-refractivity contribution < 1.29 is 27.5 Å². The third kappa shape index (κ3) is 5.43. The Kier molecular flexibility index (Phi) is 5.90. The summed E-state index contributed by atoms with van der Waals surface area (Å²) < 4.78 is 40.9. The number of alkyl halides is 3. The van der Waals surface area contributed by atoms with Crippen molar-refractivity contribution in [3.63, 3.8) is 0 Å². The monoisotopic (exact) mass is 317 g/mol. The lowest BCUT2D eigenvalue weighted by Crippen LogP contribution is -2.29. The Morgan fingerprint density at radius 2 is 1.82 bits per heavy atom. The summed E-state index contributed by atoms with van der Waals surface area (Å²) in [5.74, 6) is -2.05. The maximum absolute atomic E-state index is 12.1. The number of rotatable bonds is 4. The van der Waals surface area contributed by atoms with Crippen LogP contribution in [0.5, 0.6) is 0 Å². The van der Waals surface area contributed by atoms with E-state index in [4.69, 9.17) is 0 Å². The maximum atomic E-state index is 12.1. The van der Waals surface area contributed by atoms with Crippen LogP contribution in [0.25, 0.3) is 0 Å². The molecule has 1 aromatic rings. The third-order valence-electron chi connectivity index (χ3n) is 2.41. The van der Waals surface area contributed by atoms with Crippen LogP contribution in [0.4, 0.5) is 23.7 Å². The number of anilines is 1. The Hall–Kier alpha value is -2.58. The zero-order valence-corrected chi connectivity index (χ0v) is 11.8. The number of carbonyl (C=O) groups excluding carboxylic acids is 2. The van der Waals surface area contributed by atoms with Crippen molar-refractivity contribution in [2.75, 3.05) is 11.9 Å². The van der Waals surface area contributed by atoms with Gasteiger partial charge >= 0.3 is 18.2 Å². The van der Waals surface area contributed by atoms with Crippen molar-refractivity contribution >= 4 is 23.4 Å². The second-order valence-corrected chi connectivity index (χ2v) is 4.06. The van der Waals surface area contributed by atoms with E-state index in [0.717, 1.165) is 0 Å². The molecule has 0 spiro atoms. The van der Waals surface area contributed by atoms with Gasteiger partial charge in [0.1, 0.15) is 0 Å². The Morgan fingerprint density at radius 3 is 2.32 bits per heavy atom. The van der Waals surface area contributed by atoms with Gasteiger partial charge in [0, 0.05) is 5.69 Å². The maximum Gasteiger partial charge on any atom is 0.471 e. The number of hydrogen-bond donors (Lipinski definition) is 2. The van der Waals surface area contributed by atoms with Gasteiger partial charge in [0.15, 0.2) is 0 Å². The van der Waals surface area contributed by atoms with Gasteiger partial charge in [0.2, 0.25) is 0 Å². The topological polar surface area (TPSA) is 79.8 Å². The minimum atomic E-state index is -4.94. The number of ether oxygens (including phenoxy) is 1. The molecule has 0 heterocycles. The molecule has 120 valence electrons. The summed E-state index contributed by atoms with van der Waals surface area (Å²) >= 11 is 0. The number of halogens is 3. The highest BCUT2D eigenvalue weighted by Gasteiger charge is 2.38. The molecule has 0 aliphatic heterocycles. The minimum absolute atomic E-state index is 0.00257. The molecule has 0 saturated heterocycles. The summed E-state index contributed by atoms with van der Waals surface area (Å²) in [5.41, 5.74) is 3.13. The highest BCUT2D eigenvalue weighted by Crippen LogP contribution is 2.18. The normalized spacial score (nSPS) is 11.8. The molecule has 0 saturated carbocycles. The molecule has 0 aliphatic carbocycles. The number of hydrazone groups is 1. The second kappa shape index (κ2) is 7.43. The average Bonchev–Trinajstić information content (AvgIpc) is 2.45. The standard InChI is InChI=1S/C13H14F3N3O3/c1-3-22-12(21)19-18-8(2)9-4-6-10(7-5-9)17-11(20)13(14,15)16/h4-7H,3H2,1-2H3,(H,17,20)(H,19,21). The van der Waals surface area contributed by atoms with E-state index in [9.17, 15) is 22.8 Å². The Bertz CT molecular complexity index is 568. The van der Waals surface area contributed by atoms with E-state index in [1.54, 1.807) is 19.2 Å². The fraction of sp³-hybridized carbons (Fsp3) is 0.308. The molecule has 0 aliphatic rings. The van der Waals surface area contributed by atoms with Crippen LogP contribution in [0.1, 0.15) is 19.4 Å². The van der Waals surface area contributed by atoms with Crippen molar-refractivity contribution in [1.82, 2.24) is 5.43 Å². The van der Waals surface area contributed by atoms with Crippen molar-refractivity contribution in [2.45, 2.75) is 20.0 Å². The van der Waals surface area contributed by atoms with Gasteiger partial charge in [-0.05, 0) is 31.5 Å². The third-order valence-corrected chi connectivity index (χ3v) is 2.41. The first-order valence-corrected chi connectivity index (χ1v) is 6.19. The number of hydrogen-bond acceptors (Lipinski definition) is 4. The number of nitrogens with one attached hydrogen (secondary N) is 2. The van der Waals surface area contributed by atoms with Crippen LogP contribution >= 0.6 is 0 Å². The largest absolute Gasteiger partial charge is 0.471 e. The number of benzene rings is 1. The average molecular weight is 317 g/mol. The van der Waals surface area contributed by atoms with Gasteiger partial charge in [-0.1, -0.05) is 12.1 Å². The van der Waals surface area contributed by atoms with E-state index in [0.29, 0.717) is 11.3 Å². The lowest BCUT2D eigenvalue weighted by atomic mass is 10.1. The molecule has 9 heteroatoms. The summed E-state index contributed by atoms with van der Waals surface area (Å²) in [7, 11) is 0. The van der Waals surface area contributed by atoms with Crippen molar-refractivity contribution in [1.29, 1.82) is 0 Å². The highest BCUT2D eigenvalue weighted by molar-refractivity contribution is 6.00. The molecule has 0 fully saturated rings. The van der Waals surface area contributed by atoms with Crippen LogP contribution in [0.3, 0.4) is 0 Å². The van der Waals surface area contributed by atoms with Gasteiger partial charge in [-0.3, -0.25) is 4.79 Å². The molecule has 0 aromatic heterocycles. The first-order chi connectivity index (χ1) is 10.2. The van der Waals surface area contributed by atoms with Crippen molar-refractivity contribution in [3.05, 3.63) is 29.8 Å². The van der Waals surface area contributed by atoms with Gasteiger partial charge in [-0.25, -0.2) is 10.2 Å². The number of amides is 2. The van der Waals surface area contributed by atoms with E-state index in [1.165, 1.54) is 24.3 Å². The zero-order chi connectivity index (χ0) is 16.8. The van der Waals surface area contributed by atoms with E-state index < -0.39 is 18.2 Å². The molecule has 22 heavy (non-hydrogen) atoms. The second-order valence-electron chi connectivity index (χ2n) is 4.06. The van der Waals surface area contributed by atoms with Crippen LogP contribution < -0.4 is 10.7 Å². The van der Waals surface area contributed by atoms with E-state index in [2.05, 4.69) is 15.3 Å². The Morgan fingerprint density at radius 1 is 1.23 bits per heavy atom. The van der Waals surface area contributed by atoms with E-state index in [-0.39, 0.29) is 12.3 Å². The molecule has 0 atom stereocenters. The van der Waals surface area contributed by atoms with Gasteiger partial charge in [-0.2, -0.15) is 18.3 Å². The summed E-state index contributed by atoms with van der Waals surface area (Å²) in [6.45, 7) is 3.44. The smallest absolute Gasteiger partial charge is 0.449 e. The van der Waals surface area contributed by atoms with Crippen molar-refractivity contribution in [2.24, 2.45) is 5.10 Å². The molecule has 0 radical (unpaired) electrons. The van der Waals surface area contributed by atoms with Gasteiger partial charge in [0.05, 0.1) is 12.3 Å². The molecule has 0 bridgehead atoms. The minimum Gasteiger partial charge on any atom is -0.449 e. The Labute approximate surface area is 124 Å². The number of carbonyl (C=O) groups is 2. The predicted octanol–water partition coefficient (Wildman–Crippen LogP) is 2.66. The first kappa shape index (κ1) is 17.5. The predicted molar refractivity (Wildman–Crippen MR) is 73.5 cm³/mol. The molecule has 1 aromatic carbocycles. The van der Waals surface area contributed by atoms with Crippen LogP contribution in [0, 0.1) is 0 Å². The molecular weight excluding hydrogens is 303 g/mol. The van der Waals surface area contributed by atoms with Crippen LogP contribution in [-0.2, 0) is 9.53 Å².